The number of nitrogen functional groups attached to an aromatic ring is 1. The monoisotopic (exact) mass is 268 g/mol. The zero-order chi connectivity index (χ0) is 13.3. The van der Waals surface area contributed by atoms with Gasteiger partial charge in [0.1, 0.15) is 11.4 Å². The lowest BCUT2D eigenvalue weighted by Crippen LogP contribution is -2.42. The number of aromatic nitrogens is 1. The molecule has 1 heterocycles. The summed E-state index contributed by atoms with van der Waals surface area (Å²) >= 11 is 5.82. The van der Waals surface area contributed by atoms with Gasteiger partial charge in [-0.2, -0.15) is 0 Å². The van der Waals surface area contributed by atoms with E-state index in [0.29, 0.717) is 23.8 Å². The van der Waals surface area contributed by atoms with Crippen LogP contribution in [0.25, 0.3) is 0 Å². The smallest absolute Gasteiger partial charge is 0.198 e. The summed E-state index contributed by atoms with van der Waals surface area (Å²) < 4.78 is 0. The van der Waals surface area contributed by atoms with Crippen molar-refractivity contribution < 1.29 is 9.90 Å². The van der Waals surface area contributed by atoms with Crippen LogP contribution >= 0.6 is 11.6 Å². The number of aliphatic hydroxyl groups is 1. The number of Topliss-reactive ketones (excluding diaryl/α,β-unsaturated/α-hetero) is 1. The Morgan fingerprint density at radius 3 is 2.78 bits per heavy atom. The molecule has 5 heteroatoms. The molecule has 1 fully saturated rings. The van der Waals surface area contributed by atoms with Crippen molar-refractivity contribution in [1.82, 2.24) is 4.98 Å². The highest BCUT2D eigenvalue weighted by atomic mass is 35.5. The SMILES string of the molecule is CC1CCC(O)(C(=O)c2cc(Cl)cnc2N)CC1. The van der Waals surface area contributed by atoms with Crippen LogP contribution in [0.2, 0.25) is 5.02 Å². The van der Waals surface area contributed by atoms with Crippen molar-refractivity contribution in [2.24, 2.45) is 5.92 Å². The van der Waals surface area contributed by atoms with Crippen LogP contribution in [-0.4, -0.2) is 21.5 Å². The first kappa shape index (κ1) is 13.3. The summed E-state index contributed by atoms with van der Waals surface area (Å²) in [6, 6.07) is 1.47. The predicted molar refractivity (Wildman–Crippen MR) is 70.6 cm³/mol. The average Bonchev–Trinajstić information content (AvgIpc) is 2.35. The van der Waals surface area contributed by atoms with Gasteiger partial charge in [-0.15, -0.1) is 0 Å². The van der Waals surface area contributed by atoms with Gasteiger partial charge in [0.05, 0.1) is 10.6 Å². The molecule has 0 aromatic carbocycles. The largest absolute Gasteiger partial charge is 0.383 e. The summed E-state index contributed by atoms with van der Waals surface area (Å²) in [4.78, 5) is 16.2. The number of anilines is 1. The van der Waals surface area contributed by atoms with Crippen molar-refractivity contribution in [1.29, 1.82) is 0 Å². The van der Waals surface area contributed by atoms with E-state index in [-0.39, 0.29) is 17.2 Å². The highest BCUT2D eigenvalue weighted by molar-refractivity contribution is 6.31. The van der Waals surface area contributed by atoms with Crippen LogP contribution in [0.4, 0.5) is 5.82 Å². The van der Waals surface area contributed by atoms with Crippen LogP contribution in [0.1, 0.15) is 43.0 Å². The van der Waals surface area contributed by atoms with E-state index in [4.69, 9.17) is 17.3 Å². The Balaban J connectivity index is 2.28. The number of carbonyl (C=O) groups excluding carboxylic acids is 1. The molecule has 98 valence electrons. The summed E-state index contributed by atoms with van der Waals surface area (Å²) in [5.74, 6) is 0.311. The molecule has 1 aromatic heterocycles. The third kappa shape index (κ3) is 2.49. The van der Waals surface area contributed by atoms with Gasteiger partial charge in [-0.1, -0.05) is 18.5 Å². The molecule has 1 aliphatic rings. The topological polar surface area (TPSA) is 76.2 Å². The van der Waals surface area contributed by atoms with Gasteiger partial charge < -0.3 is 10.8 Å². The number of nitrogens with zero attached hydrogens (tertiary/aromatic N) is 1. The first-order valence-electron chi connectivity index (χ1n) is 6.10. The fraction of sp³-hybridized carbons (Fsp3) is 0.538. The van der Waals surface area contributed by atoms with Crippen molar-refractivity contribution in [2.45, 2.75) is 38.2 Å². The number of halogens is 1. The number of nitrogens with two attached hydrogens (primary N) is 1. The summed E-state index contributed by atoms with van der Waals surface area (Å²) in [5, 5.41) is 10.8. The van der Waals surface area contributed by atoms with Crippen LogP contribution in [0.15, 0.2) is 12.3 Å². The van der Waals surface area contributed by atoms with E-state index in [2.05, 4.69) is 11.9 Å². The third-order valence-electron chi connectivity index (χ3n) is 3.65. The Bertz CT molecular complexity index is 468. The van der Waals surface area contributed by atoms with E-state index in [9.17, 15) is 9.90 Å². The lowest BCUT2D eigenvalue weighted by Gasteiger charge is -2.33. The standard InChI is InChI=1S/C13H17ClN2O2/c1-8-2-4-13(18,5-3-8)11(17)10-6-9(14)7-16-12(10)15/h6-8,18H,2-5H2,1H3,(H2,15,16). The number of hydrogen-bond acceptors (Lipinski definition) is 4. The molecule has 2 rings (SSSR count). The van der Waals surface area contributed by atoms with Crippen LogP contribution in [0, 0.1) is 5.92 Å². The molecule has 0 amide bonds. The molecular weight excluding hydrogens is 252 g/mol. The number of pyridine rings is 1. The minimum atomic E-state index is -1.31. The number of hydrogen-bond donors (Lipinski definition) is 2. The number of ketones is 1. The van der Waals surface area contributed by atoms with Gasteiger partial charge in [-0.3, -0.25) is 4.79 Å². The quantitative estimate of drug-likeness (QED) is 0.808. The minimum Gasteiger partial charge on any atom is -0.383 e. The van der Waals surface area contributed by atoms with E-state index < -0.39 is 5.60 Å². The van der Waals surface area contributed by atoms with Crippen LogP contribution in [0.3, 0.4) is 0 Å². The van der Waals surface area contributed by atoms with E-state index >= 15 is 0 Å². The van der Waals surface area contributed by atoms with Crippen molar-refractivity contribution in [3.05, 3.63) is 22.8 Å². The molecule has 1 saturated carbocycles. The molecule has 0 radical (unpaired) electrons. The highest BCUT2D eigenvalue weighted by Gasteiger charge is 2.40. The van der Waals surface area contributed by atoms with Crippen LogP contribution in [-0.2, 0) is 0 Å². The van der Waals surface area contributed by atoms with E-state index in [1.54, 1.807) is 0 Å². The molecule has 4 nitrogen and oxygen atoms in total. The normalized spacial score (nSPS) is 28.1. The predicted octanol–water partition coefficient (Wildman–Crippen LogP) is 2.44. The van der Waals surface area contributed by atoms with Crippen molar-refractivity contribution >= 4 is 23.2 Å². The molecule has 3 N–H and O–H groups in total. The van der Waals surface area contributed by atoms with Gasteiger partial charge in [0.25, 0.3) is 0 Å². The van der Waals surface area contributed by atoms with E-state index in [0.717, 1.165) is 12.8 Å². The molecule has 18 heavy (non-hydrogen) atoms. The molecule has 0 bridgehead atoms. The Labute approximate surface area is 111 Å². The molecular formula is C13H17ClN2O2. The number of rotatable bonds is 2. The summed E-state index contributed by atoms with van der Waals surface area (Å²) in [6.45, 7) is 2.12. The zero-order valence-corrected chi connectivity index (χ0v) is 11.1. The van der Waals surface area contributed by atoms with Gasteiger partial charge in [0.15, 0.2) is 5.78 Å². The van der Waals surface area contributed by atoms with E-state index in [1.807, 2.05) is 0 Å². The van der Waals surface area contributed by atoms with Gasteiger partial charge in [0.2, 0.25) is 0 Å². The summed E-state index contributed by atoms with van der Waals surface area (Å²) in [7, 11) is 0. The molecule has 1 aromatic rings. The maximum Gasteiger partial charge on any atom is 0.198 e. The van der Waals surface area contributed by atoms with Gasteiger partial charge in [-0.25, -0.2) is 4.98 Å². The van der Waals surface area contributed by atoms with Crippen molar-refractivity contribution in [2.75, 3.05) is 5.73 Å². The first-order valence-corrected chi connectivity index (χ1v) is 6.48. The molecule has 0 aliphatic heterocycles. The second-order valence-electron chi connectivity index (χ2n) is 5.13. The second kappa shape index (κ2) is 4.86. The Morgan fingerprint density at radius 1 is 1.56 bits per heavy atom. The number of carbonyl (C=O) groups is 1. The zero-order valence-electron chi connectivity index (χ0n) is 10.3. The maximum absolute atomic E-state index is 12.4. The lowest BCUT2D eigenvalue weighted by atomic mass is 9.76. The van der Waals surface area contributed by atoms with Crippen LogP contribution in [0.5, 0.6) is 0 Å². The Hall–Kier alpha value is -1.13. The fourth-order valence-corrected chi connectivity index (χ4v) is 2.51. The maximum atomic E-state index is 12.4. The Kier molecular flexibility index (Phi) is 3.59. The third-order valence-corrected chi connectivity index (χ3v) is 3.86. The highest BCUT2D eigenvalue weighted by Crippen LogP contribution is 2.35. The first-order chi connectivity index (χ1) is 8.42. The Morgan fingerprint density at radius 2 is 2.17 bits per heavy atom. The summed E-state index contributed by atoms with van der Waals surface area (Å²) in [6.07, 6.45) is 4.02. The van der Waals surface area contributed by atoms with Crippen molar-refractivity contribution in [3.63, 3.8) is 0 Å². The summed E-state index contributed by atoms with van der Waals surface area (Å²) in [5.41, 5.74) is 4.59. The second-order valence-corrected chi connectivity index (χ2v) is 5.57. The fourth-order valence-electron chi connectivity index (χ4n) is 2.35. The van der Waals surface area contributed by atoms with Crippen molar-refractivity contribution in [3.8, 4) is 0 Å². The molecule has 0 saturated heterocycles. The molecule has 0 atom stereocenters. The lowest BCUT2D eigenvalue weighted by molar-refractivity contribution is 0.00431. The molecule has 0 spiro atoms. The molecule has 1 aliphatic carbocycles. The van der Waals surface area contributed by atoms with Crippen LogP contribution < -0.4 is 5.73 Å². The van der Waals surface area contributed by atoms with Gasteiger partial charge in [0, 0.05) is 6.20 Å². The van der Waals surface area contributed by atoms with Gasteiger partial charge in [-0.05, 0) is 37.7 Å². The average molecular weight is 269 g/mol. The van der Waals surface area contributed by atoms with E-state index in [1.165, 1.54) is 12.3 Å². The van der Waals surface area contributed by atoms with Gasteiger partial charge >= 0.3 is 0 Å². The molecule has 0 unspecified atom stereocenters. The minimum absolute atomic E-state index is 0.122.